The minimum absolute atomic E-state index is 0.0170. The van der Waals surface area contributed by atoms with Crippen LogP contribution in [0.5, 0.6) is 5.75 Å². The Bertz CT molecular complexity index is 521. The second-order valence-corrected chi connectivity index (χ2v) is 6.79. The Hall–Kier alpha value is -0.770. The molecule has 3 nitrogen and oxygen atoms in total. The van der Waals surface area contributed by atoms with Gasteiger partial charge in [-0.25, -0.2) is 0 Å². The van der Waals surface area contributed by atoms with Gasteiger partial charge in [-0.05, 0) is 31.5 Å². The van der Waals surface area contributed by atoms with Crippen LogP contribution in [0.15, 0.2) is 18.2 Å². The molecule has 2 aliphatic heterocycles. The molecule has 0 bridgehead atoms. The van der Waals surface area contributed by atoms with Crippen molar-refractivity contribution in [3.8, 4) is 5.75 Å². The van der Waals surface area contributed by atoms with Crippen LogP contribution < -0.4 is 10.5 Å². The molecule has 2 aliphatic rings. The molecule has 4 heteroatoms. The normalized spacial score (nSPS) is 36.5. The molecule has 1 fully saturated rings. The molecule has 3 atom stereocenters. The van der Waals surface area contributed by atoms with Crippen molar-refractivity contribution < 1.29 is 9.47 Å². The van der Waals surface area contributed by atoms with Crippen molar-refractivity contribution in [1.29, 1.82) is 0 Å². The SMILES string of the molecule is CCC1(C)CC2(CCO1)CC(N)c1cc(Cl)ccc1O2. The Kier molecular flexibility index (Phi) is 3.47. The standard InChI is InChI=1S/C16H22ClNO2/c1-3-15(2)10-16(6-7-19-15)9-13(18)12-8-11(17)4-5-14(12)20-16/h4-5,8,13H,3,6-7,9-10,18H2,1-2H3. The Morgan fingerprint density at radius 2 is 2.25 bits per heavy atom. The van der Waals surface area contributed by atoms with Gasteiger partial charge >= 0.3 is 0 Å². The van der Waals surface area contributed by atoms with E-state index in [2.05, 4.69) is 13.8 Å². The molecule has 2 heterocycles. The topological polar surface area (TPSA) is 44.5 Å². The predicted octanol–water partition coefficient (Wildman–Crippen LogP) is 3.84. The second-order valence-electron chi connectivity index (χ2n) is 6.36. The molecule has 1 saturated heterocycles. The first kappa shape index (κ1) is 14.2. The predicted molar refractivity (Wildman–Crippen MR) is 80.2 cm³/mol. The summed E-state index contributed by atoms with van der Waals surface area (Å²) in [6, 6.07) is 5.71. The molecule has 3 unspecified atom stereocenters. The number of nitrogens with two attached hydrogens (primary N) is 1. The van der Waals surface area contributed by atoms with Crippen LogP contribution in [0, 0.1) is 0 Å². The molecule has 0 saturated carbocycles. The molecular formula is C16H22ClNO2. The fraction of sp³-hybridized carbons (Fsp3) is 0.625. The van der Waals surface area contributed by atoms with Crippen LogP contribution in [0.2, 0.25) is 5.02 Å². The minimum Gasteiger partial charge on any atom is -0.487 e. The highest BCUT2D eigenvalue weighted by Gasteiger charge is 2.47. The van der Waals surface area contributed by atoms with Gasteiger partial charge in [0.15, 0.2) is 0 Å². The zero-order valence-electron chi connectivity index (χ0n) is 12.1. The smallest absolute Gasteiger partial charge is 0.125 e. The van der Waals surface area contributed by atoms with Crippen LogP contribution in [0.4, 0.5) is 0 Å². The maximum absolute atomic E-state index is 6.37. The fourth-order valence-corrected chi connectivity index (χ4v) is 3.66. The second kappa shape index (κ2) is 4.90. The van der Waals surface area contributed by atoms with Crippen LogP contribution in [0.25, 0.3) is 0 Å². The summed E-state index contributed by atoms with van der Waals surface area (Å²) in [5.74, 6) is 0.883. The van der Waals surface area contributed by atoms with Crippen LogP contribution in [-0.2, 0) is 4.74 Å². The zero-order chi connectivity index (χ0) is 14.4. The summed E-state index contributed by atoms with van der Waals surface area (Å²) < 4.78 is 12.3. The highest BCUT2D eigenvalue weighted by atomic mass is 35.5. The average Bonchev–Trinajstić information content (AvgIpc) is 2.40. The molecule has 20 heavy (non-hydrogen) atoms. The maximum Gasteiger partial charge on any atom is 0.125 e. The van der Waals surface area contributed by atoms with Crippen LogP contribution >= 0.6 is 11.6 Å². The van der Waals surface area contributed by atoms with E-state index >= 15 is 0 Å². The van der Waals surface area contributed by atoms with Gasteiger partial charge in [0.2, 0.25) is 0 Å². The van der Waals surface area contributed by atoms with E-state index in [1.54, 1.807) is 0 Å². The molecule has 0 amide bonds. The van der Waals surface area contributed by atoms with Crippen molar-refractivity contribution in [1.82, 2.24) is 0 Å². The number of fused-ring (bicyclic) bond motifs is 1. The van der Waals surface area contributed by atoms with Gasteiger partial charge in [0.05, 0.1) is 12.2 Å². The summed E-state index contributed by atoms with van der Waals surface area (Å²) >= 11 is 6.06. The molecule has 0 aliphatic carbocycles. The number of benzene rings is 1. The first-order valence-electron chi connectivity index (χ1n) is 7.33. The highest BCUT2D eigenvalue weighted by Crippen LogP contribution is 2.47. The van der Waals surface area contributed by atoms with Crippen molar-refractivity contribution in [2.45, 2.75) is 56.8 Å². The largest absolute Gasteiger partial charge is 0.487 e. The van der Waals surface area contributed by atoms with Gasteiger partial charge in [-0.2, -0.15) is 0 Å². The van der Waals surface area contributed by atoms with Crippen molar-refractivity contribution in [2.75, 3.05) is 6.61 Å². The van der Waals surface area contributed by atoms with Gasteiger partial charge in [0, 0.05) is 35.9 Å². The lowest BCUT2D eigenvalue weighted by Gasteiger charge is -2.49. The van der Waals surface area contributed by atoms with Gasteiger partial charge in [-0.15, -0.1) is 0 Å². The van der Waals surface area contributed by atoms with Crippen LogP contribution in [-0.4, -0.2) is 17.8 Å². The van der Waals surface area contributed by atoms with Crippen LogP contribution in [0.3, 0.4) is 0 Å². The van der Waals surface area contributed by atoms with Crippen LogP contribution in [0.1, 0.15) is 51.1 Å². The summed E-state index contributed by atoms with van der Waals surface area (Å²) in [6.45, 7) is 5.07. The highest BCUT2D eigenvalue weighted by molar-refractivity contribution is 6.30. The Morgan fingerprint density at radius 3 is 3.00 bits per heavy atom. The van der Waals surface area contributed by atoms with Crippen molar-refractivity contribution in [2.24, 2.45) is 5.73 Å². The van der Waals surface area contributed by atoms with Gasteiger partial charge in [-0.3, -0.25) is 0 Å². The number of halogens is 1. The molecule has 1 spiro atoms. The van der Waals surface area contributed by atoms with E-state index in [-0.39, 0.29) is 17.2 Å². The van der Waals surface area contributed by atoms with Crippen molar-refractivity contribution in [3.63, 3.8) is 0 Å². The third-order valence-corrected chi connectivity index (χ3v) is 4.98. The molecule has 0 aromatic heterocycles. The molecule has 0 radical (unpaired) electrons. The molecule has 3 rings (SSSR count). The summed E-state index contributed by atoms with van der Waals surface area (Å²) in [6.07, 6.45) is 3.62. The van der Waals surface area contributed by atoms with E-state index in [1.807, 2.05) is 18.2 Å². The third kappa shape index (κ3) is 2.43. The quantitative estimate of drug-likeness (QED) is 0.856. The summed E-state index contributed by atoms with van der Waals surface area (Å²) in [4.78, 5) is 0. The van der Waals surface area contributed by atoms with E-state index in [4.69, 9.17) is 26.8 Å². The number of rotatable bonds is 1. The van der Waals surface area contributed by atoms with Gasteiger partial charge in [0.25, 0.3) is 0 Å². The summed E-state index contributed by atoms with van der Waals surface area (Å²) in [7, 11) is 0. The van der Waals surface area contributed by atoms with E-state index in [9.17, 15) is 0 Å². The molecule has 1 aromatic carbocycles. The maximum atomic E-state index is 6.37. The first-order chi connectivity index (χ1) is 9.45. The lowest BCUT2D eigenvalue weighted by molar-refractivity contribution is -0.151. The monoisotopic (exact) mass is 295 g/mol. The summed E-state index contributed by atoms with van der Waals surface area (Å²) in [5.41, 5.74) is 7.09. The van der Waals surface area contributed by atoms with Crippen molar-refractivity contribution >= 4 is 11.6 Å². The fourth-order valence-electron chi connectivity index (χ4n) is 3.48. The van der Waals surface area contributed by atoms with Gasteiger partial charge in [0.1, 0.15) is 11.4 Å². The lowest BCUT2D eigenvalue weighted by Crippen LogP contribution is -2.53. The molecule has 2 N–H and O–H groups in total. The van der Waals surface area contributed by atoms with Gasteiger partial charge < -0.3 is 15.2 Å². The Morgan fingerprint density at radius 1 is 1.45 bits per heavy atom. The summed E-state index contributed by atoms with van der Waals surface area (Å²) in [5, 5.41) is 0.712. The van der Waals surface area contributed by atoms with E-state index in [1.165, 1.54) is 0 Å². The average molecular weight is 296 g/mol. The number of hydrogen-bond acceptors (Lipinski definition) is 3. The van der Waals surface area contributed by atoms with Gasteiger partial charge in [-0.1, -0.05) is 18.5 Å². The lowest BCUT2D eigenvalue weighted by atomic mass is 9.75. The first-order valence-corrected chi connectivity index (χ1v) is 7.71. The van der Waals surface area contributed by atoms with E-state index < -0.39 is 0 Å². The minimum atomic E-state index is -0.191. The third-order valence-electron chi connectivity index (χ3n) is 4.74. The Labute approximate surface area is 125 Å². The van der Waals surface area contributed by atoms with Crippen molar-refractivity contribution in [3.05, 3.63) is 28.8 Å². The zero-order valence-corrected chi connectivity index (χ0v) is 12.9. The van der Waals surface area contributed by atoms with E-state index in [0.29, 0.717) is 5.02 Å². The number of hydrogen-bond donors (Lipinski definition) is 1. The van der Waals surface area contributed by atoms with E-state index in [0.717, 1.165) is 43.6 Å². The molecule has 110 valence electrons. The molecular weight excluding hydrogens is 274 g/mol. The Balaban J connectivity index is 1.92. The molecule has 1 aromatic rings. The number of ether oxygens (including phenoxy) is 2.